The number of rotatable bonds is 7. The van der Waals surface area contributed by atoms with Gasteiger partial charge in [-0.3, -0.25) is 0 Å². The monoisotopic (exact) mass is 211 g/mol. The van der Waals surface area contributed by atoms with Gasteiger partial charge in [-0.2, -0.15) is 13.2 Å². The van der Waals surface area contributed by atoms with E-state index < -0.39 is 12.6 Å². The first-order chi connectivity index (χ1) is 6.45. The molecule has 1 atom stereocenters. The van der Waals surface area contributed by atoms with Crippen molar-refractivity contribution in [1.29, 1.82) is 0 Å². The Morgan fingerprint density at radius 3 is 2.64 bits per heavy atom. The molecule has 1 unspecified atom stereocenters. The molecule has 14 heavy (non-hydrogen) atoms. The Bertz CT molecular complexity index is 159. The van der Waals surface area contributed by atoms with Crippen molar-refractivity contribution in [2.24, 2.45) is 0 Å². The minimum Gasteiger partial charge on any atom is -0.377 e. The summed E-state index contributed by atoms with van der Waals surface area (Å²) in [6.07, 6.45) is -3.55. The summed E-state index contributed by atoms with van der Waals surface area (Å²) >= 11 is 0. The van der Waals surface area contributed by atoms with Crippen molar-refractivity contribution < 1.29 is 17.9 Å². The zero-order chi connectivity index (χ0) is 11.0. The van der Waals surface area contributed by atoms with Gasteiger partial charge < -0.3 is 10.1 Å². The number of alkyl halides is 3. The number of halogens is 3. The maximum absolute atomic E-state index is 11.7. The molecular weight excluding hydrogens is 195 g/mol. The molecule has 0 aliphatic rings. The molecule has 0 aromatic rings. The van der Waals surface area contributed by atoms with Crippen molar-refractivity contribution in [3.63, 3.8) is 0 Å². The highest BCUT2D eigenvalue weighted by Crippen LogP contribution is 2.19. The first kappa shape index (κ1) is 13.4. The smallest absolute Gasteiger partial charge is 0.377 e. The van der Waals surface area contributed by atoms with Gasteiger partial charge in [0.1, 0.15) is 0 Å². The minimum absolute atomic E-state index is 0.211. The van der Waals surface area contributed by atoms with Crippen LogP contribution in [0.25, 0.3) is 0 Å². The van der Waals surface area contributed by atoms with Gasteiger partial charge in [-0.05, 0) is 6.92 Å². The lowest BCUT2D eigenvalue weighted by molar-refractivity contribution is -0.148. The molecule has 0 saturated carbocycles. The molecule has 1 N–H and O–H groups in total. The lowest BCUT2D eigenvalue weighted by Gasteiger charge is -2.14. The summed E-state index contributed by atoms with van der Waals surface area (Å²) in [6, 6.07) is 0. The average molecular weight is 211 g/mol. The number of hydrogen-bond acceptors (Lipinski definition) is 2. The largest absolute Gasteiger partial charge is 0.391 e. The Balaban J connectivity index is 3.35. The summed E-state index contributed by atoms with van der Waals surface area (Å²) in [5.41, 5.74) is 0. The Kier molecular flexibility index (Phi) is 6.57. The van der Waals surface area contributed by atoms with Crippen LogP contribution >= 0.6 is 0 Å². The van der Waals surface area contributed by atoms with Crippen LogP contribution in [0, 0.1) is 0 Å². The van der Waals surface area contributed by atoms with Gasteiger partial charge in [0.25, 0.3) is 0 Å². The zero-order valence-corrected chi connectivity index (χ0v) is 8.23. The molecule has 0 spiro atoms. The fraction of sp³-hybridized carbons (Fsp3) is 0.778. The van der Waals surface area contributed by atoms with E-state index in [2.05, 4.69) is 11.9 Å². The van der Waals surface area contributed by atoms with Gasteiger partial charge in [0.05, 0.1) is 19.1 Å². The molecule has 0 aromatic heterocycles. The third-order valence-corrected chi connectivity index (χ3v) is 1.51. The lowest BCUT2D eigenvalue weighted by atomic mass is 10.4. The van der Waals surface area contributed by atoms with E-state index in [0.717, 1.165) is 0 Å². The van der Waals surface area contributed by atoms with Crippen LogP contribution in [0.15, 0.2) is 12.7 Å². The van der Waals surface area contributed by atoms with Crippen molar-refractivity contribution in [3.8, 4) is 0 Å². The van der Waals surface area contributed by atoms with Gasteiger partial charge in [-0.1, -0.05) is 6.08 Å². The van der Waals surface area contributed by atoms with E-state index in [1.165, 1.54) is 0 Å². The topological polar surface area (TPSA) is 21.3 Å². The van der Waals surface area contributed by atoms with E-state index >= 15 is 0 Å². The Hall–Kier alpha value is -0.550. The highest BCUT2D eigenvalue weighted by atomic mass is 19.4. The fourth-order valence-electron chi connectivity index (χ4n) is 0.823. The molecular formula is C9H16F3NO. The minimum atomic E-state index is -4.13. The molecule has 84 valence electrons. The van der Waals surface area contributed by atoms with Crippen LogP contribution in [-0.2, 0) is 4.74 Å². The summed E-state index contributed by atoms with van der Waals surface area (Å²) in [6.45, 7) is 6.11. The fourth-order valence-corrected chi connectivity index (χ4v) is 0.823. The van der Waals surface area contributed by atoms with E-state index in [1.54, 1.807) is 13.0 Å². The molecule has 0 aliphatic carbocycles. The van der Waals surface area contributed by atoms with Gasteiger partial charge in [0.2, 0.25) is 0 Å². The molecule has 0 bridgehead atoms. The summed E-state index contributed by atoms with van der Waals surface area (Å²) in [5.74, 6) is 0. The van der Waals surface area contributed by atoms with E-state index in [4.69, 9.17) is 4.74 Å². The van der Waals surface area contributed by atoms with Gasteiger partial charge in [0.15, 0.2) is 0 Å². The second-order valence-corrected chi connectivity index (χ2v) is 2.99. The summed E-state index contributed by atoms with van der Waals surface area (Å²) < 4.78 is 40.1. The second kappa shape index (κ2) is 6.84. The maximum atomic E-state index is 11.7. The molecule has 0 heterocycles. The highest BCUT2D eigenvalue weighted by molar-refractivity contribution is 4.70. The maximum Gasteiger partial charge on any atom is 0.391 e. The zero-order valence-electron chi connectivity index (χ0n) is 8.23. The van der Waals surface area contributed by atoms with E-state index in [1.807, 2.05) is 0 Å². The third kappa shape index (κ3) is 9.54. The molecule has 0 fully saturated rings. The Morgan fingerprint density at radius 1 is 1.50 bits per heavy atom. The van der Waals surface area contributed by atoms with Gasteiger partial charge in [-0.15, -0.1) is 6.58 Å². The molecule has 2 nitrogen and oxygen atoms in total. The van der Waals surface area contributed by atoms with Crippen molar-refractivity contribution in [2.75, 3.05) is 19.7 Å². The standard InChI is InChI=1S/C9H16F3NO/c1-3-5-13-7-8(2)14-6-4-9(10,11)12/h3,8,13H,1,4-7H2,2H3. The van der Waals surface area contributed by atoms with E-state index in [9.17, 15) is 13.2 Å². The van der Waals surface area contributed by atoms with Crippen molar-refractivity contribution in [2.45, 2.75) is 25.6 Å². The normalized spacial score (nSPS) is 14.0. The van der Waals surface area contributed by atoms with Crippen LogP contribution in [0.4, 0.5) is 13.2 Å². The predicted molar refractivity (Wildman–Crippen MR) is 49.2 cm³/mol. The van der Waals surface area contributed by atoms with Crippen molar-refractivity contribution >= 4 is 0 Å². The van der Waals surface area contributed by atoms with Crippen molar-refractivity contribution in [1.82, 2.24) is 5.32 Å². The predicted octanol–water partition coefficient (Wildman–Crippen LogP) is 2.12. The van der Waals surface area contributed by atoms with Gasteiger partial charge >= 0.3 is 6.18 Å². The van der Waals surface area contributed by atoms with Crippen LogP contribution in [0.5, 0.6) is 0 Å². The Morgan fingerprint density at radius 2 is 2.14 bits per heavy atom. The summed E-state index contributed by atoms with van der Waals surface area (Å²) in [4.78, 5) is 0. The summed E-state index contributed by atoms with van der Waals surface area (Å²) in [5, 5.41) is 2.96. The molecule has 5 heteroatoms. The molecule has 0 amide bonds. The molecule has 0 saturated heterocycles. The number of nitrogens with one attached hydrogen (secondary N) is 1. The quantitative estimate of drug-likeness (QED) is 0.514. The Labute approximate surface area is 82.1 Å². The highest BCUT2D eigenvalue weighted by Gasteiger charge is 2.26. The van der Waals surface area contributed by atoms with Gasteiger partial charge in [-0.25, -0.2) is 0 Å². The number of hydrogen-bond donors (Lipinski definition) is 1. The molecule has 0 aromatic carbocycles. The van der Waals surface area contributed by atoms with E-state index in [0.29, 0.717) is 13.1 Å². The van der Waals surface area contributed by atoms with Gasteiger partial charge in [0, 0.05) is 13.1 Å². The van der Waals surface area contributed by atoms with Crippen LogP contribution in [0.3, 0.4) is 0 Å². The second-order valence-electron chi connectivity index (χ2n) is 2.99. The lowest BCUT2D eigenvalue weighted by Crippen LogP contribution is -2.28. The first-order valence-electron chi connectivity index (χ1n) is 4.45. The molecule has 0 aliphatic heterocycles. The van der Waals surface area contributed by atoms with E-state index in [-0.39, 0.29) is 12.7 Å². The van der Waals surface area contributed by atoms with Crippen LogP contribution in [0.2, 0.25) is 0 Å². The first-order valence-corrected chi connectivity index (χ1v) is 4.45. The van der Waals surface area contributed by atoms with Crippen LogP contribution in [-0.4, -0.2) is 32.0 Å². The number of ether oxygens (including phenoxy) is 1. The van der Waals surface area contributed by atoms with Crippen molar-refractivity contribution in [3.05, 3.63) is 12.7 Å². The SMILES string of the molecule is C=CCNCC(C)OCCC(F)(F)F. The van der Waals surface area contributed by atoms with Crippen LogP contribution in [0.1, 0.15) is 13.3 Å². The van der Waals surface area contributed by atoms with Crippen LogP contribution < -0.4 is 5.32 Å². The third-order valence-electron chi connectivity index (χ3n) is 1.51. The summed E-state index contributed by atoms with van der Waals surface area (Å²) in [7, 11) is 0. The average Bonchev–Trinajstić information content (AvgIpc) is 2.02. The molecule has 0 radical (unpaired) electrons. The molecule has 0 rings (SSSR count).